The summed E-state index contributed by atoms with van der Waals surface area (Å²) in [4.78, 5) is 12.9. The number of sulfone groups is 1. The van der Waals surface area contributed by atoms with Crippen molar-refractivity contribution in [2.24, 2.45) is 0 Å². The second kappa shape index (κ2) is 7.78. The van der Waals surface area contributed by atoms with Crippen LogP contribution in [0.15, 0.2) is 58.3 Å². The molecule has 1 N–H and O–H groups in total. The van der Waals surface area contributed by atoms with E-state index in [0.717, 1.165) is 12.1 Å². The summed E-state index contributed by atoms with van der Waals surface area (Å²) >= 11 is 5.75. The van der Waals surface area contributed by atoms with Crippen molar-refractivity contribution in [3.8, 4) is 0 Å². The molecule has 1 heterocycles. The summed E-state index contributed by atoms with van der Waals surface area (Å²) in [6.07, 6.45) is 0. The molecule has 28 heavy (non-hydrogen) atoms. The quantitative estimate of drug-likeness (QED) is 0.723. The van der Waals surface area contributed by atoms with Crippen molar-refractivity contribution in [3.63, 3.8) is 0 Å². The highest BCUT2D eigenvalue weighted by Crippen LogP contribution is 2.25. The Morgan fingerprint density at radius 3 is 2.29 bits per heavy atom. The molecule has 0 saturated carbocycles. The Labute approximate surface area is 167 Å². The van der Waals surface area contributed by atoms with Crippen LogP contribution in [0.1, 0.15) is 0 Å². The van der Waals surface area contributed by atoms with Gasteiger partial charge in [-0.2, -0.15) is 0 Å². The molecule has 1 fully saturated rings. The molecular formula is C17H16ClFN2O5S2. The van der Waals surface area contributed by atoms with Crippen LogP contribution >= 0.6 is 11.6 Å². The van der Waals surface area contributed by atoms with Gasteiger partial charge in [0.1, 0.15) is 16.0 Å². The lowest BCUT2D eigenvalue weighted by atomic mass is 10.2. The summed E-state index contributed by atoms with van der Waals surface area (Å²) in [5.74, 6) is -1.53. The van der Waals surface area contributed by atoms with Gasteiger partial charge in [-0.15, -0.1) is 0 Å². The third-order valence-corrected chi connectivity index (χ3v) is 8.11. The van der Waals surface area contributed by atoms with Crippen molar-refractivity contribution in [2.75, 3.05) is 19.6 Å². The van der Waals surface area contributed by atoms with Gasteiger partial charge in [-0.3, -0.25) is 4.79 Å². The second-order valence-electron chi connectivity index (χ2n) is 6.17. The predicted molar refractivity (Wildman–Crippen MR) is 101 cm³/mol. The van der Waals surface area contributed by atoms with Crippen LogP contribution in [0.2, 0.25) is 5.02 Å². The lowest BCUT2D eigenvalue weighted by molar-refractivity contribution is -0.133. The molecule has 2 aromatic carbocycles. The Balaban J connectivity index is 1.58. The van der Waals surface area contributed by atoms with E-state index in [0.29, 0.717) is 5.02 Å². The highest BCUT2D eigenvalue weighted by atomic mass is 35.5. The standard InChI is InChI=1S/C17H16ClFN2O5S2/c18-12-5-7-13(8-6-12)27(23,24)14-10-21(11-14)17(22)9-20-28(25,26)16-4-2-1-3-15(16)19/h1-8,14,20H,9-11H2. The number of hydrogen-bond acceptors (Lipinski definition) is 5. The van der Waals surface area contributed by atoms with Crippen LogP contribution in [0.25, 0.3) is 0 Å². The van der Waals surface area contributed by atoms with Crippen molar-refractivity contribution < 1.29 is 26.0 Å². The summed E-state index contributed by atoms with van der Waals surface area (Å²) in [5, 5.41) is -0.368. The fourth-order valence-corrected chi connectivity index (χ4v) is 5.49. The van der Waals surface area contributed by atoms with Gasteiger partial charge in [0.2, 0.25) is 15.9 Å². The molecule has 1 saturated heterocycles. The molecular weight excluding hydrogens is 431 g/mol. The maximum atomic E-state index is 13.6. The zero-order valence-electron chi connectivity index (χ0n) is 14.4. The number of amides is 1. The molecule has 0 unspecified atom stereocenters. The van der Waals surface area contributed by atoms with Crippen LogP contribution in [-0.4, -0.2) is 52.5 Å². The average molecular weight is 447 g/mol. The van der Waals surface area contributed by atoms with Gasteiger partial charge in [-0.1, -0.05) is 23.7 Å². The van der Waals surface area contributed by atoms with Gasteiger partial charge in [0.25, 0.3) is 0 Å². The number of hydrogen-bond donors (Lipinski definition) is 1. The molecule has 0 atom stereocenters. The van der Waals surface area contributed by atoms with Crippen LogP contribution in [-0.2, 0) is 24.7 Å². The largest absolute Gasteiger partial charge is 0.339 e. The summed E-state index contributed by atoms with van der Waals surface area (Å²) < 4.78 is 64.8. The molecule has 11 heteroatoms. The number of carbonyl (C=O) groups is 1. The van der Waals surface area contributed by atoms with E-state index in [9.17, 15) is 26.0 Å². The van der Waals surface area contributed by atoms with Gasteiger partial charge in [-0.25, -0.2) is 25.9 Å². The van der Waals surface area contributed by atoms with Crippen LogP contribution < -0.4 is 4.72 Å². The minimum Gasteiger partial charge on any atom is -0.339 e. The number of rotatable bonds is 6. The smallest absolute Gasteiger partial charge is 0.243 e. The third kappa shape index (κ3) is 4.19. The molecule has 1 aliphatic heterocycles. The first-order chi connectivity index (χ1) is 13.1. The summed E-state index contributed by atoms with van der Waals surface area (Å²) in [6.45, 7) is -0.694. The van der Waals surface area contributed by atoms with E-state index >= 15 is 0 Å². The number of nitrogens with one attached hydrogen (secondary N) is 1. The average Bonchev–Trinajstić information content (AvgIpc) is 2.59. The second-order valence-corrected chi connectivity index (χ2v) is 10.6. The minimum atomic E-state index is -4.20. The first kappa shape index (κ1) is 20.7. The maximum absolute atomic E-state index is 13.6. The van der Waals surface area contributed by atoms with Crippen molar-refractivity contribution in [2.45, 2.75) is 15.0 Å². The predicted octanol–water partition coefficient (Wildman–Crippen LogP) is 1.44. The SMILES string of the molecule is O=C(CNS(=O)(=O)c1ccccc1F)N1CC(S(=O)(=O)c2ccc(Cl)cc2)C1. The monoisotopic (exact) mass is 446 g/mol. The number of nitrogens with zero attached hydrogens (tertiary/aromatic N) is 1. The van der Waals surface area contributed by atoms with Gasteiger partial charge in [-0.05, 0) is 36.4 Å². The van der Waals surface area contributed by atoms with Crippen molar-refractivity contribution in [1.29, 1.82) is 0 Å². The van der Waals surface area contributed by atoms with E-state index in [1.165, 1.54) is 41.3 Å². The summed E-state index contributed by atoms with van der Waals surface area (Å²) in [7, 11) is -7.81. The first-order valence-electron chi connectivity index (χ1n) is 8.13. The van der Waals surface area contributed by atoms with Crippen LogP contribution in [0.5, 0.6) is 0 Å². The molecule has 1 aliphatic rings. The Kier molecular flexibility index (Phi) is 5.76. The van der Waals surface area contributed by atoms with Crippen LogP contribution in [0.3, 0.4) is 0 Å². The highest BCUT2D eigenvalue weighted by molar-refractivity contribution is 7.92. The Morgan fingerprint density at radius 2 is 1.68 bits per heavy atom. The third-order valence-electron chi connectivity index (χ3n) is 4.32. The number of carbonyl (C=O) groups excluding carboxylic acids is 1. The van der Waals surface area contributed by atoms with E-state index in [-0.39, 0.29) is 18.0 Å². The lowest BCUT2D eigenvalue weighted by Gasteiger charge is -2.38. The highest BCUT2D eigenvalue weighted by Gasteiger charge is 2.40. The molecule has 2 aromatic rings. The van der Waals surface area contributed by atoms with Crippen molar-refractivity contribution in [1.82, 2.24) is 9.62 Å². The zero-order valence-corrected chi connectivity index (χ0v) is 16.8. The fourth-order valence-electron chi connectivity index (χ4n) is 2.66. The van der Waals surface area contributed by atoms with E-state index in [1.807, 2.05) is 4.72 Å². The van der Waals surface area contributed by atoms with Crippen molar-refractivity contribution >= 4 is 37.4 Å². The number of halogens is 2. The van der Waals surface area contributed by atoms with Crippen LogP contribution in [0.4, 0.5) is 4.39 Å². The van der Waals surface area contributed by atoms with Gasteiger partial charge >= 0.3 is 0 Å². The lowest BCUT2D eigenvalue weighted by Crippen LogP contribution is -2.58. The molecule has 0 bridgehead atoms. The Hall–Kier alpha value is -2.01. The van der Waals surface area contributed by atoms with Gasteiger partial charge in [0, 0.05) is 18.1 Å². The van der Waals surface area contributed by atoms with Gasteiger partial charge < -0.3 is 4.90 Å². The molecule has 150 valence electrons. The summed E-state index contributed by atoms with van der Waals surface area (Å²) in [5.41, 5.74) is 0. The number of sulfonamides is 1. The molecule has 1 amide bonds. The Morgan fingerprint density at radius 1 is 1.07 bits per heavy atom. The van der Waals surface area contributed by atoms with Gasteiger partial charge in [0.15, 0.2) is 9.84 Å². The summed E-state index contributed by atoms with van der Waals surface area (Å²) in [6, 6.07) is 10.5. The molecule has 0 spiro atoms. The van der Waals surface area contributed by atoms with E-state index in [2.05, 4.69) is 0 Å². The molecule has 0 aliphatic carbocycles. The van der Waals surface area contributed by atoms with Crippen LogP contribution in [0, 0.1) is 5.82 Å². The van der Waals surface area contributed by atoms with Gasteiger partial charge in [0.05, 0.1) is 11.4 Å². The van der Waals surface area contributed by atoms with E-state index < -0.39 is 48.3 Å². The molecule has 7 nitrogen and oxygen atoms in total. The first-order valence-corrected chi connectivity index (χ1v) is 11.5. The van der Waals surface area contributed by atoms with Crippen molar-refractivity contribution in [3.05, 3.63) is 59.4 Å². The van der Waals surface area contributed by atoms with E-state index in [1.54, 1.807) is 0 Å². The number of benzene rings is 2. The molecule has 0 aromatic heterocycles. The normalized spacial score (nSPS) is 15.3. The topological polar surface area (TPSA) is 101 Å². The maximum Gasteiger partial charge on any atom is 0.243 e. The Bertz CT molecular complexity index is 1100. The van der Waals surface area contributed by atoms with E-state index in [4.69, 9.17) is 11.6 Å². The fraction of sp³-hybridized carbons (Fsp3) is 0.235. The number of likely N-dealkylation sites (tertiary alicyclic amines) is 1. The molecule has 0 radical (unpaired) electrons. The zero-order chi connectivity index (χ0) is 20.5. The minimum absolute atomic E-state index is 0.0504. The molecule has 3 rings (SSSR count).